The van der Waals surface area contributed by atoms with Crippen LogP contribution < -0.4 is 9.64 Å². The van der Waals surface area contributed by atoms with E-state index in [0.717, 1.165) is 5.56 Å². The number of carboxylic acids is 1. The number of fused-ring (bicyclic) bond motifs is 1. The number of oxazole rings is 1. The summed E-state index contributed by atoms with van der Waals surface area (Å²) in [5.41, 5.74) is 1.34. The maximum absolute atomic E-state index is 11.5. The molecule has 9 heteroatoms. The van der Waals surface area contributed by atoms with Crippen LogP contribution in [0, 0.1) is 10.1 Å². The van der Waals surface area contributed by atoms with Crippen LogP contribution in [0.15, 0.2) is 77.2 Å². The van der Waals surface area contributed by atoms with Crippen molar-refractivity contribution in [1.29, 1.82) is 0 Å². The van der Waals surface area contributed by atoms with Crippen LogP contribution >= 0.6 is 0 Å². The molecule has 1 heterocycles. The molecular formula is C25H23N3O6. The van der Waals surface area contributed by atoms with Crippen LogP contribution in [-0.2, 0) is 17.9 Å². The monoisotopic (exact) mass is 461 g/mol. The molecule has 0 saturated heterocycles. The number of hydrogen-bond acceptors (Lipinski definition) is 7. The number of carboxylic acid groups (broad SMARTS) is 1. The number of aromatic nitrogens is 1. The summed E-state index contributed by atoms with van der Waals surface area (Å²) in [5, 5.41) is 20.8. The van der Waals surface area contributed by atoms with Crippen molar-refractivity contribution in [2.45, 2.75) is 32.5 Å². The first kappa shape index (κ1) is 22.8. The number of para-hydroxylation sites is 3. The highest BCUT2D eigenvalue weighted by atomic mass is 16.6. The number of ether oxygens (including phenoxy) is 1. The fourth-order valence-electron chi connectivity index (χ4n) is 3.44. The molecule has 0 saturated carbocycles. The fraction of sp³-hybridized carbons (Fsp3) is 0.200. The van der Waals surface area contributed by atoms with E-state index in [9.17, 15) is 20.0 Å². The Balaban J connectivity index is 1.63. The zero-order valence-corrected chi connectivity index (χ0v) is 18.7. The molecule has 174 valence electrons. The van der Waals surface area contributed by atoms with Crippen LogP contribution in [0.4, 0.5) is 11.7 Å². The summed E-state index contributed by atoms with van der Waals surface area (Å²) in [6.45, 7) is 3.51. The molecule has 0 aliphatic heterocycles. The maximum atomic E-state index is 11.5. The van der Waals surface area contributed by atoms with Gasteiger partial charge < -0.3 is 19.2 Å². The first-order valence-electron chi connectivity index (χ1n) is 10.6. The van der Waals surface area contributed by atoms with E-state index in [1.165, 1.54) is 19.9 Å². The zero-order valence-electron chi connectivity index (χ0n) is 18.7. The number of nitro groups is 1. The standard InChI is InChI=1S/C25H23N3O6/c1-25(2,23(29)30)34-19-13-11-17(12-14-19)15-27(16-18-7-3-5-9-21(18)28(31)32)24-26-20-8-4-6-10-22(20)33-24/h3-14H,15-16H2,1-2H3,(H,29,30). The average molecular weight is 461 g/mol. The van der Waals surface area contributed by atoms with Gasteiger partial charge in [-0.15, -0.1) is 0 Å². The minimum atomic E-state index is -1.36. The normalized spacial score (nSPS) is 11.4. The summed E-state index contributed by atoms with van der Waals surface area (Å²) in [6, 6.07) is 21.2. The Hall–Kier alpha value is -4.40. The number of anilines is 1. The van der Waals surface area contributed by atoms with Gasteiger partial charge in [0.15, 0.2) is 11.2 Å². The molecule has 0 atom stereocenters. The SMILES string of the molecule is CC(C)(Oc1ccc(CN(Cc2ccccc2[N+](=O)[O-])c2nc3ccccc3o2)cc1)C(=O)O. The van der Waals surface area contributed by atoms with Crippen LogP contribution in [0.25, 0.3) is 11.1 Å². The van der Waals surface area contributed by atoms with Crippen molar-refractivity contribution in [3.63, 3.8) is 0 Å². The average Bonchev–Trinajstić information content (AvgIpc) is 3.24. The van der Waals surface area contributed by atoms with E-state index in [0.29, 0.717) is 35.0 Å². The summed E-state index contributed by atoms with van der Waals surface area (Å²) in [6.07, 6.45) is 0. The Morgan fingerprint density at radius 2 is 1.74 bits per heavy atom. The molecule has 9 nitrogen and oxygen atoms in total. The Labute approximate surface area is 195 Å². The van der Waals surface area contributed by atoms with E-state index in [2.05, 4.69) is 4.98 Å². The van der Waals surface area contributed by atoms with E-state index in [1.54, 1.807) is 30.3 Å². The number of hydrogen-bond donors (Lipinski definition) is 1. The molecule has 1 N–H and O–H groups in total. The topological polar surface area (TPSA) is 119 Å². The van der Waals surface area contributed by atoms with E-state index in [-0.39, 0.29) is 12.2 Å². The minimum Gasteiger partial charge on any atom is -0.478 e. The number of rotatable bonds is 9. The highest BCUT2D eigenvalue weighted by Crippen LogP contribution is 2.28. The van der Waals surface area contributed by atoms with Crippen molar-refractivity contribution in [3.8, 4) is 5.75 Å². The third-order valence-corrected chi connectivity index (χ3v) is 5.29. The number of benzene rings is 3. The molecule has 3 aromatic carbocycles. The summed E-state index contributed by atoms with van der Waals surface area (Å²) < 4.78 is 11.5. The minimum absolute atomic E-state index is 0.0169. The molecule has 0 unspecified atom stereocenters. The molecule has 34 heavy (non-hydrogen) atoms. The second kappa shape index (κ2) is 9.22. The van der Waals surface area contributed by atoms with Crippen LogP contribution in [0.1, 0.15) is 25.0 Å². The summed E-state index contributed by atoms with van der Waals surface area (Å²) in [5.74, 6) is -0.647. The predicted molar refractivity (Wildman–Crippen MR) is 126 cm³/mol. The van der Waals surface area contributed by atoms with Crippen LogP contribution in [0.2, 0.25) is 0 Å². The second-order valence-corrected chi connectivity index (χ2v) is 8.27. The molecule has 0 bridgehead atoms. The van der Waals surface area contributed by atoms with Gasteiger partial charge in [-0.25, -0.2) is 4.79 Å². The van der Waals surface area contributed by atoms with Gasteiger partial charge in [-0.1, -0.05) is 42.5 Å². The molecule has 0 radical (unpaired) electrons. The maximum Gasteiger partial charge on any atom is 0.347 e. The molecule has 4 aromatic rings. The lowest BCUT2D eigenvalue weighted by molar-refractivity contribution is -0.385. The summed E-state index contributed by atoms with van der Waals surface area (Å²) in [4.78, 5) is 28.8. The lowest BCUT2D eigenvalue weighted by Crippen LogP contribution is -2.37. The van der Waals surface area contributed by atoms with Gasteiger partial charge in [-0.3, -0.25) is 10.1 Å². The van der Waals surface area contributed by atoms with Gasteiger partial charge in [0.25, 0.3) is 11.7 Å². The van der Waals surface area contributed by atoms with E-state index >= 15 is 0 Å². The van der Waals surface area contributed by atoms with Crippen molar-refractivity contribution >= 4 is 28.8 Å². The number of nitrogens with zero attached hydrogens (tertiary/aromatic N) is 3. The number of carbonyl (C=O) groups is 1. The van der Waals surface area contributed by atoms with Gasteiger partial charge in [0.2, 0.25) is 0 Å². The largest absolute Gasteiger partial charge is 0.478 e. The van der Waals surface area contributed by atoms with E-state index in [4.69, 9.17) is 9.15 Å². The second-order valence-electron chi connectivity index (χ2n) is 8.27. The van der Waals surface area contributed by atoms with E-state index < -0.39 is 16.5 Å². The smallest absolute Gasteiger partial charge is 0.347 e. The summed E-state index contributed by atoms with van der Waals surface area (Å²) >= 11 is 0. The van der Waals surface area contributed by atoms with Crippen LogP contribution in [0.5, 0.6) is 5.75 Å². The first-order valence-corrected chi connectivity index (χ1v) is 10.6. The third kappa shape index (κ3) is 4.98. The Morgan fingerprint density at radius 3 is 2.41 bits per heavy atom. The van der Waals surface area contributed by atoms with E-state index in [1.807, 2.05) is 41.3 Å². The summed E-state index contributed by atoms with van der Waals surface area (Å²) in [7, 11) is 0. The van der Waals surface area contributed by atoms with Gasteiger partial charge in [0.1, 0.15) is 11.3 Å². The van der Waals surface area contributed by atoms with Crippen molar-refractivity contribution in [3.05, 3.63) is 94.0 Å². The van der Waals surface area contributed by atoms with Crippen LogP contribution in [-0.4, -0.2) is 26.6 Å². The molecule has 4 rings (SSSR count). The highest BCUT2D eigenvalue weighted by molar-refractivity contribution is 5.76. The van der Waals surface area contributed by atoms with Gasteiger partial charge in [-0.05, 0) is 43.7 Å². The molecule has 0 amide bonds. The number of nitro benzene ring substituents is 1. The highest BCUT2D eigenvalue weighted by Gasteiger charge is 2.29. The van der Waals surface area contributed by atoms with Gasteiger partial charge in [0, 0.05) is 18.2 Å². The van der Waals surface area contributed by atoms with Crippen molar-refractivity contribution < 1.29 is 24.0 Å². The van der Waals surface area contributed by atoms with Gasteiger partial charge in [-0.2, -0.15) is 4.98 Å². The van der Waals surface area contributed by atoms with Crippen molar-refractivity contribution in [2.75, 3.05) is 4.90 Å². The Bertz CT molecular complexity index is 1300. The molecule has 0 aliphatic carbocycles. The lowest BCUT2D eigenvalue weighted by atomic mass is 10.1. The lowest BCUT2D eigenvalue weighted by Gasteiger charge is -2.23. The molecule has 1 aromatic heterocycles. The fourth-order valence-corrected chi connectivity index (χ4v) is 3.44. The zero-order chi connectivity index (χ0) is 24.3. The van der Waals surface area contributed by atoms with Crippen molar-refractivity contribution in [1.82, 2.24) is 4.98 Å². The Morgan fingerprint density at radius 1 is 1.06 bits per heavy atom. The van der Waals surface area contributed by atoms with Crippen molar-refractivity contribution in [2.24, 2.45) is 0 Å². The van der Waals surface area contributed by atoms with Gasteiger partial charge >= 0.3 is 5.97 Å². The predicted octanol–water partition coefficient (Wildman–Crippen LogP) is 5.18. The Kier molecular flexibility index (Phi) is 6.18. The van der Waals surface area contributed by atoms with Crippen LogP contribution in [0.3, 0.4) is 0 Å². The molecular weight excluding hydrogens is 438 g/mol. The molecule has 0 fully saturated rings. The molecule has 0 aliphatic rings. The third-order valence-electron chi connectivity index (χ3n) is 5.29. The molecule has 0 spiro atoms. The quantitative estimate of drug-likeness (QED) is 0.267. The number of aliphatic carboxylic acids is 1. The first-order chi connectivity index (χ1) is 16.2. The van der Waals surface area contributed by atoms with Gasteiger partial charge in [0.05, 0.1) is 11.5 Å².